The van der Waals surface area contributed by atoms with Crippen LogP contribution in [0.1, 0.15) is 12.8 Å². The van der Waals surface area contributed by atoms with Crippen molar-refractivity contribution < 1.29 is 24.1 Å². The second kappa shape index (κ2) is 8.58. The Morgan fingerprint density at radius 2 is 1.81 bits per heavy atom. The molecule has 1 aliphatic heterocycles. The number of carbonyl (C=O) groups is 1. The van der Waals surface area contributed by atoms with Crippen LogP contribution in [0.3, 0.4) is 0 Å². The summed E-state index contributed by atoms with van der Waals surface area (Å²) < 4.78 is 16.9. The lowest BCUT2D eigenvalue weighted by Crippen LogP contribution is -2.38. The number of carboxylic acids is 1. The van der Waals surface area contributed by atoms with E-state index in [-0.39, 0.29) is 0 Å². The molecule has 26 heavy (non-hydrogen) atoms. The number of ether oxygens (including phenoxy) is 3. The fourth-order valence-corrected chi connectivity index (χ4v) is 3.07. The van der Waals surface area contributed by atoms with Crippen molar-refractivity contribution in [2.45, 2.75) is 18.9 Å². The predicted molar refractivity (Wildman–Crippen MR) is 97.2 cm³/mol. The molecule has 0 spiro atoms. The molecule has 6 heteroatoms. The third-order valence-corrected chi connectivity index (χ3v) is 4.42. The number of hydrogen-bond acceptors (Lipinski definition) is 5. The average Bonchev–Trinajstić information content (AvgIpc) is 3.13. The molecule has 1 atom stereocenters. The zero-order chi connectivity index (χ0) is 18.4. The maximum absolute atomic E-state index is 11.2. The summed E-state index contributed by atoms with van der Waals surface area (Å²) in [6.07, 6.45) is 1.61. The number of para-hydroxylation sites is 2. The summed E-state index contributed by atoms with van der Waals surface area (Å²) in [5, 5.41) is 9.23. The lowest BCUT2D eigenvalue weighted by molar-refractivity contribution is -0.142. The van der Waals surface area contributed by atoms with Crippen LogP contribution in [0.2, 0.25) is 0 Å². The Balaban J connectivity index is 1.59. The maximum Gasteiger partial charge on any atom is 0.320 e. The zero-order valence-corrected chi connectivity index (χ0v) is 14.8. The van der Waals surface area contributed by atoms with Crippen molar-refractivity contribution in [3.05, 3.63) is 48.5 Å². The monoisotopic (exact) mass is 357 g/mol. The van der Waals surface area contributed by atoms with Gasteiger partial charge in [0.1, 0.15) is 24.1 Å². The molecule has 1 fully saturated rings. The number of likely N-dealkylation sites (tertiary alicyclic amines) is 1. The summed E-state index contributed by atoms with van der Waals surface area (Å²) in [4.78, 5) is 13.2. The van der Waals surface area contributed by atoms with Gasteiger partial charge in [0.2, 0.25) is 0 Å². The van der Waals surface area contributed by atoms with Gasteiger partial charge in [0, 0.05) is 6.54 Å². The highest BCUT2D eigenvalue weighted by Crippen LogP contribution is 2.32. The average molecular weight is 357 g/mol. The van der Waals surface area contributed by atoms with E-state index in [4.69, 9.17) is 14.2 Å². The smallest absolute Gasteiger partial charge is 0.320 e. The first-order valence-corrected chi connectivity index (χ1v) is 8.68. The summed E-state index contributed by atoms with van der Waals surface area (Å²) in [5.41, 5.74) is 0. The van der Waals surface area contributed by atoms with E-state index in [9.17, 15) is 9.90 Å². The van der Waals surface area contributed by atoms with Gasteiger partial charge in [-0.3, -0.25) is 9.69 Å². The SMILES string of the molecule is COc1ccc(Oc2ccccc2OCCN2CCCC2C(=O)O)cc1. The Hall–Kier alpha value is -2.73. The van der Waals surface area contributed by atoms with Crippen LogP contribution in [0.15, 0.2) is 48.5 Å². The number of hydrogen-bond donors (Lipinski definition) is 1. The number of carboxylic acid groups (broad SMARTS) is 1. The molecule has 1 heterocycles. The summed E-state index contributed by atoms with van der Waals surface area (Å²) in [6, 6.07) is 14.4. The van der Waals surface area contributed by atoms with Gasteiger partial charge in [-0.25, -0.2) is 0 Å². The van der Waals surface area contributed by atoms with Gasteiger partial charge < -0.3 is 19.3 Å². The molecule has 0 radical (unpaired) electrons. The first kappa shape index (κ1) is 18.1. The largest absolute Gasteiger partial charge is 0.497 e. The van der Waals surface area contributed by atoms with Crippen molar-refractivity contribution in [1.29, 1.82) is 0 Å². The molecule has 0 saturated carbocycles. The molecule has 6 nitrogen and oxygen atoms in total. The van der Waals surface area contributed by atoms with Gasteiger partial charge in [-0.05, 0) is 55.8 Å². The number of rotatable bonds is 8. The minimum atomic E-state index is -0.759. The first-order valence-electron chi connectivity index (χ1n) is 8.68. The van der Waals surface area contributed by atoms with Crippen LogP contribution < -0.4 is 14.2 Å². The molecule has 0 aliphatic carbocycles. The molecule has 0 aromatic heterocycles. The fourth-order valence-electron chi connectivity index (χ4n) is 3.07. The van der Waals surface area contributed by atoms with Gasteiger partial charge in [0.05, 0.1) is 7.11 Å². The summed E-state index contributed by atoms with van der Waals surface area (Å²) in [7, 11) is 1.62. The van der Waals surface area contributed by atoms with E-state index in [0.717, 1.165) is 18.7 Å². The minimum Gasteiger partial charge on any atom is -0.497 e. The molecule has 0 bridgehead atoms. The van der Waals surface area contributed by atoms with Gasteiger partial charge >= 0.3 is 5.97 Å². The molecule has 3 rings (SSSR count). The first-order chi connectivity index (χ1) is 12.7. The van der Waals surface area contributed by atoms with Gasteiger partial charge in [0.25, 0.3) is 0 Å². The molecule has 2 aromatic carbocycles. The Bertz CT molecular complexity index is 731. The van der Waals surface area contributed by atoms with Gasteiger partial charge in [0.15, 0.2) is 11.5 Å². The van der Waals surface area contributed by atoms with Crippen LogP contribution in [-0.4, -0.2) is 48.8 Å². The molecule has 1 N–H and O–H groups in total. The predicted octanol–water partition coefficient (Wildman–Crippen LogP) is 3.42. The molecular formula is C20H23NO5. The van der Waals surface area contributed by atoms with Crippen molar-refractivity contribution in [2.75, 3.05) is 26.8 Å². The van der Waals surface area contributed by atoms with Crippen molar-refractivity contribution >= 4 is 5.97 Å². The quantitative estimate of drug-likeness (QED) is 0.781. The Morgan fingerprint density at radius 3 is 2.50 bits per heavy atom. The fraction of sp³-hybridized carbons (Fsp3) is 0.350. The molecule has 1 saturated heterocycles. The van der Waals surface area contributed by atoms with Crippen LogP contribution in [0.5, 0.6) is 23.0 Å². The number of methoxy groups -OCH3 is 1. The Labute approximate surface area is 152 Å². The molecule has 1 aliphatic rings. The van der Waals surface area contributed by atoms with Crippen LogP contribution in [0.25, 0.3) is 0 Å². The second-order valence-electron chi connectivity index (χ2n) is 6.11. The highest BCUT2D eigenvalue weighted by molar-refractivity contribution is 5.73. The minimum absolute atomic E-state index is 0.399. The Morgan fingerprint density at radius 1 is 1.12 bits per heavy atom. The van der Waals surface area contributed by atoms with Crippen molar-refractivity contribution in [1.82, 2.24) is 4.90 Å². The van der Waals surface area contributed by atoms with E-state index in [0.29, 0.717) is 36.8 Å². The molecular weight excluding hydrogens is 334 g/mol. The highest BCUT2D eigenvalue weighted by atomic mass is 16.5. The standard InChI is InChI=1S/C20H23NO5/c1-24-15-8-10-16(11-9-15)26-19-7-3-2-6-18(19)25-14-13-21-12-4-5-17(21)20(22)23/h2-3,6-11,17H,4-5,12-14H2,1H3,(H,22,23). The maximum atomic E-state index is 11.2. The molecule has 0 amide bonds. The topological polar surface area (TPSA) is 68.2 Å². The number of nitrogens with zero attached hydrogens (tertiary/aromatic N) is 1. The van der Waals surface area contributed by atoms with Crippen LogP contribution >= 0.6 is 0 Å². The number of benzene rings is 2. The van der Waals surface area contributed by atoms with Gasteiger partial charge in [-0.2, -0.15) is 0 Å². The second-order valence-corrected chi connectivity index (χ2v) is 6.11. The van der Waals surface area contributed by atoms with Crippen LogP contribution in [0.4, 0.5) is 0 Å². The molecule has 1 unspecified atom stereocenters. The van der Waals surface area contributed by atoms with Crippen molar-refractivity contribution in [2.24, 2.45) is 0 Å². The van der Waals surface area contributed by atoms with Crippen LogP contribution in [0, 0.1) is 0 Å². The van der Waals surface area contributed by atoms with Gasteiger partial charge in [-0.15, -0.1) is 0 Å². The van der Waals surface area contributed by atoms with Crippen molar-refractivity contribution in [3.8, 4) is 23.0 Å². The zero-order valence-electron chi connectivity index (χ0n) is 14.8. The third-order valence-electron chi connectivity index (χ3n) is 4.42. The van der Waals surface area contributed by atoms with E-state index in [1.165, 1.54) is 0 Å². The van der Waals surface area contributed by atoms with E-state index in [1.807, 2.05) is 53.4 Å². The summed E-state index contributed by atoms with van der Waals surface area (Å²) >= 11 is 0. The van der Waals surface area contributed by atoms with Crippen LogP contribution in [-0.2, 0) is 4.79 Å². The Kier molecular flexibility index (Phi) is 5.96. The summed E-state index contributed by atoms with van der Waals surface area (Å²) in [6.45, 7) is 1.78. The van der Waals surface area contributed by atoms with E-state index >= 15 is 0 Å². The third kappa shape index (κ3) is 4.46. The lowest BCUT2D eigenvalue weighted by atomic mass is 10.2. The number of aliphatic carboxylic acids is 1. The summed E-state index contributed by atoms with van der Waals surface area (Å²) in [5.74, 6) is 1.95. The van der Waals surface area contributed by atoms with E-state index in [1.54, 1.807) is 7.11 Å². The lowest BCUT2D eigenvalue weighted by Gasteiger charge is -2.21. The highest BCUT2D eigenvalue weighted by Gasteiger charge is 2.29. The van der Waals surface area contributed by atoms with E-state index in [2.05, 4.69) is 0 Å². The molecule has 2 aromatic rings. The van der Waals surface area contributed by atoms with E-state index < -0.39 is 12.0 Å². The van der Waals surface area contributed by atoms with Crippen molar-refractivity contribution in [3.63, 3.8) is 0 Å². The van der Waals surface area contributed by atoms with Gasteiger partial charge in [-0.1, -0.05) is 12.1 Å². The molecule has 138 valence electrons. The normalized spacial score (nSPS) is 17.0.